The fourth-order valence-electron chi connectivity index (χ4n) is 1.66. The van der Waals surface area contributed by atoms with E-state index in [1.165, 1.54) is 38.5 Å². The number of unbranched alkanes of at least 4 members (excludes halogenated alkanes) is 3. The normalized spacial score (nSPS) is 9.94. The summed E-state index contributed by atoms with van der Waals surface area (Å²) in [5.41, 5.74) is 0. The van der Waals surface area contributed by atoms with Crippen LogP contribution in [-0.2, 0) is 4.79 Å². The summed E-state index contributed by atoms with van der Waals surface area (Å²) in [7, 11) is 0.0675. The minimum atomic E-state index is -1.08. The first kappa shape index (κ1) is 19.2. The number of carboxylic acids is 1. The second-order valence-corrected chi connectivity index (χ2v) is 7.55. The van der Waals surface area contributed by atoms with Gasteiger partial charge in [0.15, 0.2) is 0 Å². The number of carbonyl (C=O) groups is 1. The Bertz CT molecular complexity index is 137. The van der Waals surface area contributed by atoms with Crippen molar-refractivity contribution in [2.24, 2.45) is 0 Å². The third-order valence-corrected chi connectivity index (χ3v) is 5.83. The maximum absolute atomic E-state index is 8.89. The number of carboxylic acid groups (broad SMARTS) is 1. The van der Waals surface area contributed by atoms with Crippen LogP contribution in [-0.4, -0.2) is 24.5 Å². The van der Waals surface area contributed by atoms with Gasteiger partial charge in [-0.3, -0.25) is 0 Å². The quantitative estimate of drug-likeness (QED) is 0.598. The number of rotatable bonds is 9. The van der Waals surface area contributed by atoms with E-state index in [2.05, 4.69) is 20.8 Å². The van der Waals surface area contributed by atoms with Crippen molar-refractivity contribution in [1.29, 1.82) is 0 Å². The standard InChI is InChI=1S/C12H27P.C2H4O2/c1-4-7-10-13(11-8-5-2)12-9-6-3;1-2(3)4/h4-12H2,1-3H3;1H3,(H,3,4). The van der Waals surface area contributed by atoms with Gasteiger partial charge in [-0.05, 0) is 26.2 Å². The lowest BCUT2D eigenvalue weighted by molar-refractivity contribution is -0.302. The third-order valence-electron chi connectivity index (χ3n) is 2.65. The van der Waals surface area contributed by atoms with Gasteiger partial charge >= 0.3 is 0 Å². The van der Waals surface area contributed by atoms with Crippen LogP contribution in [0, 0.1) is 0 Å². The van der Waals surface area contributed by atoms with Crippen LogP contribution >= 0.6 is 7.92 Å². The molecule has 0 heterocycles. The third kappa shape index (κ3) is 21.7. The zero-order valence-electron chi connectivity index (χ0n) is 12.2. The Kier molecular flexibility index (Phi) is 18.0. The molecule has 0 aromatic carbocycles. The number of carbonyl (C=O) groups excluding carboxylic acids is 1. The van der Waals surface area contributed by atoms with Gasteiger partial charge in [0, 0.05) is 13.9 Å². The van der Waals surface area contributed by atoms with Gasteiger partial charge < -0.3 is 9.90 Å². The minimum absolute atomic E-state index is 0.0675. The molecule has 2 nitrogen and oxygen atoms in total. The maximum atomic E-state index is 8.89. The van der Waals surface area contributed by atoms with Gasteiger partial charge in [0.05, 0.1) is 18.5 Å². The molecule has 0 aromatic heterocycles. The highest BCUT2D eigenvalue weighted by Crippen LogP contribution is 2.38. The summed E-state index contributed by atoms with van der Waals surface area (Å²) in [6, 6.07) is 0. The molecule has 0 saturated carbocycles. The van der Waals surface area contributed by atoms with E-state index in [0.29, 0.717) is 0 Å². The van der Waals surface area contributed by atoms with E-state index in [4.69, 9.17) is 9.90 Å². The molecule has 0 unspecified atom stereocenters. The van der Waals surface area contributed by atoms with Crippen LogP contribution in [0.15, 0.2) is 0 Å². The smallest absolute Gasteiger partial charge is 0.0571 e. The molecule has 17 heavy (non-hydrogen) atoms. The van der Waals surface area contributed by atoms with Gasteiger partial charge in [-0.25, -0.2) is 0 Å². The Morgan fingerprint density at radius 3 is 1.29 bits per heavy atom. The van der Waals surface area contributed by atoms with Crippen molar-refractivity contribution in [3.05, 3.63) is 0 Å². The molecule has 0 saturated heterocycles. The maximum Gasteiger partial charge on any atom is 0.0571 e. The van der Waals surface area contributed by atoms with Crippen LogP contribution in [0.3, 0.4) is 0 Å². The minimum Gasteiger partial charge on any atom is -0.550 e. The molecule has 0 radical (unpaired) electrons. The molecule has 0 rings (SSSR count). The van der Waals surface area contributed by atoms with Gasteiger partial charge in [-0.1, -0.05) is 40.0 Å². The molecular formula is C14H31O2P. The first-order valence-corrected chi connectivity index (χ1v) is 9.21. The van der Waals surface area contributed by atoms with E-state index >= 15 is 0 Å². The largest absolute Gasteiger partial charge is 0.550 e. The van der Waals surface area contributed by atoms with Gasteiger partial charge in [-0.15, -0.1) is 0 Å². The highest BCUT2D eigenvalue weighted by Gasteiger charge is 2.12. The molecule has 0 aromatic rings. The summed E-state index contributed by atoms with van der Waals surface area (Å²) in [4.78, 5) is 8.89. The average Bonchev–Trinajstić information content (AvgIpc) is 2.27. The number of hydrogen-bond acceptors (Lipinski definition) is 2. The molecule has 3 heteroatoms. The average molecular weight is 262 g/mol. The van der Waals surface area contributed by atoms with Gasteiger partial charge in [-0.2, -0.15) is 0 Å². The molecule has 0 fully saturated rings. The fourth-order valence-corrected chi connectivity index (χ4v) is 4.97. The molecule has 0 aliphatic rings. The van der Waals surface area contributed by atoms with Gasteiger partial charge in [0.1, 0.15) is 0 Å². The van der Waals surface area contributed by atoms with E-state index in [0.717, 1.165) is 6.92 Å². The predicted molar refractivity (Wildman–Crippen MR) is 78.3 cm³/mol. The Morgan fingerprint density at radius 1 is 0.882 bits per heavy atom. The van der Waals surface area contributed by atoms with Crippen molar-refractivity contribution < 1.29 is 9.90 Å². The topological polar surface area (TPSA) is 40.1 Å². The van der Waals surface area contributed by atoms with Gasteiger partial charge in [0.25, 0.3) is 0 Å². The lowest BCUT2D eigenvalue weighted by Gasteiger charge is -2.09. The van der Waals surface area contributed by atoms with Crippen molar-refractivity contribution in [2.75, 3.05) is 18.5 Å². The molecule has 0 aliphatic carbocycles. The zero-order chi connectivity index (χ0) is 13.5. The molecule has 0 spiro atoms. The van der Waals surface area contributed by atoms with Crippen LogP contribution < -0.4 is 5.11 Å². The van der Waals surface area contributed by atoms with Crippen molar-refractivity contribution in [1.82, 2.24) is 0 Å². The van der Waals surface area contributed by atoms with E-state index in [1.54, 1.807) is 18.5 Å². The molecule has 104 valence electrons. The lowest BCUT2D eigenvalue weighted by atomic mass is 10.4. The molecule has 0 amide bonds. The van der Waals surface area contributed by atoms with Gasteiger partial charge in [0.2, 0.25) is 0 Å². The Labute approximate surface area is 109 Å². The molecule has 0 atom stereocenters. The number of hydrogen-bond donors (Lipinski definition) is 0. The van der Waals surface area contributed by atoms with Crippen LogP contribution in [0.5, 0.6) is 0 Å². The summed E-state index contributed by atoms with van der Waals surface area (Å²) in [6.45, 7) is 7.93. The monoisotopic (exact) mass is 262 g/mol. The lowest BCUT2D eigenvalue weighted by Crippen LogP contribution is -2.16. The van der Waals surface area contributed by atoms with Crippen LogP contribution in [0.25, 0.3) is 0 Å². The Hall–Kier alpha value is -0.100. The van der Waals surface area contributed by atoms with Crippen molar-refractivity contribution >= 4 is 13.9 Å². The molecule has 0 N–H and O–H groups in total. The zero-order valence-corrected chi connectivity index (χ0v) is 13.2. The Balaban J connectivity index is 0. The van der Waals surface area contributed by atoms with Crippen LogP contribution in [0.4, 0.5) is 0 Å². The van der Waals surface area contributed by atoms with Crippen molar-refractivity contribution in [3.63, 3.8) is 0 Å². The SMILES string of the molecule is CC(=O)[O-].CCCC[PH+](CCCC)CCCC. The highest BCUT2D eigenvalue weighted by molar-refractivity contribution is 7.57. The summed E-state index contributed by atoms with van der Waals surface area (Å²) >= 11 is 0. The van der Waals surface area contributed by atoms with Crippen LogP contribution in [0.1, 0.15) is 66.2 Å². The summed E-state index contributed by atoms with van der Waals surface area (Å²) < 4.78 is 0. The predicted octanol–water partition coefficient (Wildman–Crippen LogP) is 3.36. The first-order chi connectivity index (χ1) is 8.08. The Morgan fingerprint density at radius 2 is 1.12 bits per heavy atom. The molecular weight excluding hydrogens is 231 g/mol. The first-order valence-electron chi connectivity index (χ1n) is 7.09. The summed E-state index contributed by atoms with van der Waals surface area (Å²) in [5.74, 6) is -1.08. The second-order valence-electron chi connectivity index (χ2n) is 4.55. The van der Waals surface area contributed by atoms with Crippen molar-refractivity contribution in [3.8, 4) is 0 Å². The van der Waals surface area contributed by atoms with Crippen molar-refractivity contribution in [2.45, 2.75) is 66.2 Å². The number of aliphatic carboxylic acids is 1. The molecule has 0 aliphatic heterocycles. The summed E-state index contributed by atoms with van der Waals surface area (Å²) in [5, 5.41) is 8.89. The summed E-state index contributed by atoms with van der Waals surface area (Å²) in [6.07, 6.45) is 13.4. The van der Waals surface area contributed by atoms with E-state index in [-0.39, 0.29) is 7.92 Å². The van der Waals surface area contributed by atoms with E-state index < -0.39 is 5.97 Å². The fraction of sp³-hybridized carbons (Fsp3) is 0.929. The highest BCUT2D eigenvalue weighted by atomic mass is 31.1. The van der Waals surface area contributed by atoms with E-state index in [9.17, 15) is 0 Å². The van der Waals surface area contributed by atoms with Crippen LogP contribution in [0.2, 0.25) is 0 Å². The molecule has 0 bridgehead atoms. The second kappa shape index (κ2) is 15.9. The van der Waals surface area contributed by atoms with E-state index in [1.807, 2.05) is 0 Å².